The molecule has 1 unspecified atom stereocenters. The highest BCUT2D eigenvalue weighted by Gasteiger charge is 2.16. The molecule has 1 N–H and O–H groups in total. The van der Waals surface area contributed by atoms with Gasteiger partial charge in [-0.2, -0.15) is 0 Å². The van der Waals surface area contributed by atoms with Gasteiger partial charge < -0.3 is 5.32 Å². The van der Waals surface area contributed by atoms with Crippen molar-refractivity contribution < 1.29 is 4.39 Å². The van der Waals surface area contributed by atoms with Crippen molar-refractivity contribution in [3.05, 3.63) is 55.0 Å². The molecule has 0 radical (unpaired) electrons. The van der Waals surface area contributed by atoms with E-state index in [-0.39, 0.29) is 11.9 Å². The number of benzene rings is 1. The van der Waals surface area contributed by atoms with Crippen LogP contribution in [-0.4, -0.2) is 6.54 Å². The van der Waals surface area contributed by atoms with Gasteiger partial charge in [0.2, 0.25) is 0 Å². The molecule has 0 saturated heterocycles. The molecule has 0 aliphatic carbocycles. The van der Waals surface area contributed by atoms with E-state index in [0.29, 0.717) is 0 Å². The lowest BCUT2D eigenvalue weighted by atomic mass is 9.99. The lowest BCUT2D eigenvalue weighted by molar-refractivity contribution is 0.585. The molecule has 0 spiro atoms. The van der Waals surface area contributed by atoms with Gasteiger partial charge in [0.25, 0.3) is 0 Å². The Morgan fingerprint density at radius 2 is 2.05 bits per heavy atom. The standard InChI is InChI=1S/C15H17FINS/c1-3-4-18-15(12-8-14(17)19-9-12)11-5-10(2)6-13(16)7-11/h5-9,15,18H,3-4H2,1-2H3. The lowest BCUT2D eigenvalue weighted by Crippen LogP contribution is -2.23. The van der Waals surface area contributed by atoms with Crippen molar-refractivity contribution in [3.8, 4) is 0 Å². The van der Waals surface area contributed by atoms with Crippen LogP contribution in [0.2, 0.25) is 0 Å². The minimum absolute atomic E-state index is 0.0779. The summed E-state index contributed by atoms with van der Waals surface area (Å²) in [5.41, 5.74) is 3.18. The zero-order chi connectivity index (χ0) is 13.8. The molecule has 0 saturated carbocycles. The van der Waals surface area contributed by atoms with Crippen molar-refractivity contribution in [2.24, 2.45) is 0 Å². The Kier molecular flexibility index (Phi) is 5.36. The molecular formula is C15H17FINS. The largest absolute Gasteiger partial charge is 0.306 e. The molecule has 0 bridgehead atoms. The predicted octanol–water partition coefficient (Wildman–Crippen LogP) is 4.89. The van der Waals surface area contributed by atoms with Crippen LogP contribution in [0.4, 0.5) is 4.39 Å². The van der Waals surface area contributed by atoms with Gasteiger partial charge in [0, 0.05) is 0 Å². The third kappa shape index (κ3) is 4.00. The Hall–Kier alpha value is -0.460. The van der Waals surface area contributed by atoms with Crippen LogP contribution < -0.4 is 5.32 Å². The normalized spacial score (nSPS) is 12.6. The number of hydrogen-bond donors (Lipinski definition) is 1. The van der Waals surface area contributed by atoms with Gasteiger partial charge in [0.1, 0.15) is 5.82 Å². The second-order valence-electron chi connectivity index (χ2n) is 4.63. The molecule has 2 aromatic rings. The summed E-state index contributed by atoms with van der Waals surface area (Å²) in [5, 5.41) is 5.65. The topological polar surface area (TPSA) is 12.0 Å². The van der Waals surface area contributed by atoms with Gasteiger partial charge in [-0.1, -0.05) is 13.0 Å². The van der Waals surface area contributed by atoms with Crippen molar-refractivity contribution in [2.75, 3.05) is 6.54 Å². The molecule has 1 heterocycles. The molecule has 2 rings (SSSR count). The summed E-state index contributed by atoms with van der Waals surface area (Å²) in [6, 6.07) is 7.50. The van der Waals surface area contributed by atoms with Gasteiger partial charge in [-0.05, 0) is 82.7 Å². The number of halogens is 2. The van der Waals surface area contributed by atoms with Crippen LogP contribution in [0.15, 0.2) is 29.6 Å². The molecule has 19 heavy (non-hydrogen) atoms. The maximum atomic E-state index is 13.6. The van der Waals surface area contributed by atoms with Crippen LogP contribution in [0, 0.1) is 15.6 Å². The Morgan fingerprint density at radius 1 is 1.26 bits per heavy atom. The molecule has 0 fully saturated rings. The lowest BCUT2D eigenvalue weighted by Gasteiger charge is -2.18. The number of nitrogens with one attached hydrogen (secondary N) is 1. The molecule has 0 amide bonds. The van der Waals surface area contributed by atoms with Gasteiger partial charge in [0.05, 0.1) is 8.93 Å². The molecule has 1 aromatic carbocycles. The van der Waals surface area contributed by atoms with Crippen LogP contribution >= 0.6 is 33.9 Å². The van der Waals surface area contributed by atoms with Crippen LogP contribution in [0.1, 0.15) is 36.1 Å². The van der Waals surface area contributed by atoms with E-state index in [2.05, 4.69) is 52.3 Å². The molecule has 4 heteroatoms. The zero-order valence-electron chi connectivity index (χ0n) is 11.0. The minimum atomic E-state index is -0.164. The summed E-state index contributed by atoms with van der Waals surface area (Å²) in [5.74, 6) is -0.164. The highest BCUT2D eigenvalue weighted by Crippen LogP contribution is 2.28. The molecule has 0 aliphatic rings. The van der Waals surface area contributed by atoms with E-state index in [1.54, 1.807) is 23.5 Å². The first-order valence-corrected chi connectivity index (χ1v) is 8.30. The third-order valence-corrected chi connectivity index (χ3v) is 4.72. The van der Waals surface area contributed by atoms with Crippen molar-refractivity contribution >= 4 is 33.9 Å². The fourth-order valence-electron chi connectivity index (χ4n) is 2.12. The van der Waals surface area contributed by atoms with E-state index < -0.39 is 0 Å². The summed E-state index contributed by atoms with van der Waals surface area (Å²) in [6.07, 6.45) is 1.06. The van der Waals surface area contributed by atoms with E-state index in [1.807, 2.05) is 6.92 Å². The van der Waals surface area contributed by atoms with Gasteiger partial charge in [0.15, 0.2) is 0 Å². The van der Waals surface area contributed by atoms with Gasteiger partial charge in [-0.3, -0.25) is 0 Å². The molecule has 1 atom stereocenters. The van der Waals surface area contributed by atoms with Gasteiger partial charge in [-0.15, -0.1) is 11.3 Å². The van der Waals surface area contributed by atoms with E-state index >= 15 is 0 Å². The van der Waals surface area contributed by atoms with Gasteiger partial charge >= 0.3 is 0 Å². The Balaban J connectivity index is 2.36. The summed E-state index contributed by atoms with van der Waals surface area (Å²) in [4.78, 5) is 0. The number of rotatable bonds is 5. The number of aryl methyl sites for hydroxylation is 1. The average Bonchev–Trinajstić information content (AvgIpc) is 2.75. The fourth-order valence-corrected chi connectivity index (χ4v) is 3.52. The van der Waals surface area contributed by atoms with Crippen molar-refractivity contribution in [2.45, 2.75) is 26.3 Å². The second-order valence-corrected chi connectivity index (χ2v) is 7.44. The average molecular weight is 389 g/mol. The fraction of sp³-hybridized carbons (Fsp3) is 0.333. The SMILES string of the molecule is CCCNC(c1cc(C)cc(F)c1)c1csc(I)c1. The summed E-state index contributed by atoms with van der Waals surface area (Å²) < 4.78 is 14.9. The maximum absolute atomic E-state index is 13.6. The molecule has 1 aromatic heterocycles. The molecular weight excluding hydrogens is 372 g/mol. The Labute approximate surface area is 131 Å². The highest BCUT2D eigenvalue weighted by atomic mass is 127. The summed E-state index contributed by atoms with van der Waals surface area (Å²) in [7, 11) is 0. The van der Waals surface area contributed by atoms with E-state index in [1.165, 1.54) is 8.45 Å². The van der Waals surface area contributed by atoms with Crippen LogP contribution in [0.5, 0.6) is 0 Å². The zero-order valence-corrected chi connectivity index (χ0v) is 14.0. The van der Waals surface area contributed by atoms with E-state index in [4.69, 9.17) is 0 Å². The first kappa shape index (κ1) is 14.9. The maximum Gasteiger partial charge on any atom is 0.123 e. The summed E-state index contributed by atoms with van der Waals surface area (Å²) >= 11 is 4.04. The van der Waals surface area contributed by atoms with E-state index in [9.17, 15) is 4.39 Å². The van der Waals surface area contributed by atoms with E-state index in [0.717, 1.165) is 24.1 Å². The minimum Gasteiger partial charge on any atom is -0.306 e. The Morgan fingerprint density at radius 3 is 2.63 bits per heavy atom. The van der Waals surface area contributed by atoms with Crippen LogP contribution in [0.25, 0.3) is 0 Å². The van der Waals surface area contributed by atoms with Crippen molar-refractivity contribution in [1.29, 1.82) is 0 Å². The third-order valence-electron chi connectivity index (χ3n) is 2.92. The van der Waals surface area contributed by atoms with Crippen LogP contribution in [0.3, 0.4) is 0 Å². The first-order chi connectivity index (χ1) is 9.10. The summed E-state index contributed by atoms with van der Waals surface area (Å²) in [6.45, 7) is 4.99. The molecule has 0 aliphatic heterocycles. The Bertz CT molecular complexity index is 533. The molecule has 1 nitrogen and oxygen atoms in total. The van der Waals surface area contributed by atoms with Crippen LogP contribution in [-0.2, 0) is 0 Å². The second kappa shape index (κ2) is 6.81. The predicted molar refractivity (Wildman–Crippen MR) is 88.3 cm³/mol. The quantitative estimate of drug-likeness (QED) is 0.719. The number of hydrogen-bond acceptors (Lipinski definition) is 2. The smallest absolute Gasteiger partial charge is 0.123 e. The number of thiophene rings is 1. The van der Waals surface area contributed by atoms with Crippen molar-refractivity contribution in [3.63, 3.8) is 0 Å². The van der Waals surface area contributed by atoms with Crippen molar-refractivity contribution in [1.82, 2.24) is 5.32 Å². The first-order valence-electron chi connectivity index (χ1n) is 6.34. The van der Waals surface area contributed by atoms with Gasteiger partial charge in [-0.25, -0.2) is 4.39 Å². The highest BCUT2D eigenvalue weighted by molar-refractivity contribution is 14.1. The molecule has 102 valence electrons. The monoisotopic (exact) mass is 389 g/mol.